The van der Waals surface area contributed by atoms with Crippen molar-refractivity contribution >= 4 is 11.9 Å². The molecule has 0 bridgehead atoms. The lowest BCUT2D eigenvalue weighted by molar-refractivity contribution is -0.137. The Morgan fingerprint density at radius 2 is 2.35 bits per heavy atom. The van der Waals surface area contributed by atoms with Gasteiger partial charge in [-0.2, -0.15) is 5.10 Å². The van der Waals surface area contributed by atoms with Crippen molar-refractivity contribution in [3.8, 4) is 0 Å². The zero-order chi connectivity index (χ0) is 12.8. The number of carbonyl (C=O) groups is 2. The molecule has 0 aliphatic rings. The second-order valence-electron chi connectivity index (χ2n) is 3.70. The number of nitrogens with zero attached hydrogens (tertiary/aromatic N) is 2. The van der Waals surface area contributed by atoms with Crippen LogP contribution in [-0.2, 0) is 23.2 Å². The van der Waals surface area contributed by atoms with Crippen molar-refractivity contribution in [1.82, 2.24) is 15.1 Å². The molecule has 1 aromatic rings. The summed E-state index contributed by atoms with van der Waals surface area (Å²) in [4.78, 5) is 21.8. The monoisotopic (exact) mass is 240 g/mol. The Morgan fingerprint density at radius 1 is 1.65 bits per heavy atom. The lowest BCUT2D eigenvalue weighted by atomic mass is 10.1. The Morgan fingerprint density at radius 3 is 2.88 bits per heavy atom. The number of carboxylic acids is 1. The molecular weight excluding hydrogens is 224 g/mol. The van der Waals surface area contributed by atoms with Gasteiger partial charge >= 0.3 is 5.97 Å². The zero-order valence-corrected chi connectivity index (χ0v) is 9.59. The number of aliphatic carboxylic acids is 1. The molecule has 0 aromatic carbocycles. The molecule has 0 saturated heterocycles. The van der Waals surface area contributed by atoms with Crippen LogP contribution in [0.25, 0.3) is 0 Å². The Hall–Kier alpha value is -1.89. The first-order valence-corrected chi connectivity index (χ1v) is 5.22. The minimum absolute atomic E-state index is 0.111. The third kappa shape index (κ3) is 4.23. The van der Waals surface area contributed by atoms with Gasteiger partial charge < -0.3 is 16.2 Å². The number of carbonyl (C=O) groups excluding carboxylic acids is 1. The first-order chi connectivity index (χ1) is 8.00. The number of hydrogen-bond acceptors (Lipinski definition) is 4. The van der Waals surface area contributed by atoms with Gasteiger partial charge in [0.1, 0.15) is 0 Å². The fourth-order valence-corrected chi connectivity index (χ4v) is 1.29. The van der Waals surface area contributed by atoms with E-state index in [-0.39, 0.29) is 18.7 Å². The maximum Gasteiger partial charge on any atom is 0.303 e. The molecular formula is C10H16N4O3. The number of rotatable bonds is 6. The Kier molecular flexibility index (Phi) is 4.65. The summed E-state index contributed by atoms with van der Waals surface area (Å²) in [6, 6.07) is 0.989. The Labute approximate surface area is 98.6 Å². The Balaban J connectivity index is 2.34. The fourth-order valence-electron chi connectivity index (χ4n) is 1.29. The van der Waals surface area contributed by atoms with E-state index in [1.807, 2.05) is 0 Å². The second-order valence-corrected chi connectivity index (χ2v) is 3.70. The maximum atomic E-state index is 11.5. The highest BCUT2D eigenvalue weighted by molar-refractivity contribution is 5.82. The van der Waals surface area contributed by atoms with E-state index in [9.17, 15) is 9.59 Å². The molecule has 0 saturated carbocycles. The summed E-state index contributed by atoms with van der Waals surface area (Å²) in [5.74, 6) is -1.31. The first-order valence-electron chi connectivity index (χ1n) is 5.22. The molecule has 0 radical (unpaired) electrons. The molecule has 7 nitrogen and oxygen atoms in total. The van der Waals surface area contributed by atoms with Crippen molar-refractivity contribution in [3.63, 3.8) is 0 Å². The molecule has 1 unspecified atom stereocenters. The van der Waals surface area contributed by atoms with Gasteiger partial charge in [-0.05, 0) is 12.5 Å². The summed E-state index contributed by atoms with van der Waals surface area (Å²) < 4.78 is 1.64. The van der Waals surface area contributed by atoms with E-state index >= 15 is 0 Å². The number of aromatic nitrogens is 2. The molecule has 1 atom stereocenters. The predicted molar refractivity (Wildman–Crippen MR) is 59.9 cm³/mol. The summed E-state index contributed by atoms with van der Waals surface area (Å²) in [5.41, 5.74) is 6.40. The first kappa shape index (κ1) is 13.2. The van der Waals surface area contributed by atoms with Crippen LogP contribution in [0.4, 0.5) is 0 Å². The van der Waals surface area contributed by atoms with E-state index < -0.39 is 12.0 Å². The number of nitrogens with one attached hydrogen (secondary N) is 1. The largest absolute Gasteiger partial charge is 0.481 e. The van der Waals surface area contributed by atoms with Gasteiger partial charge in [-0.1, -0.05) is 0 Å². The summed E-state index contributed by atoms with van der Waals surface area (Å²) in [6.45, 7) is 0.329. The van der Waals surface area contributed by atoms with Crippen molar-refractivity contribution in [1.29, 1.82) is 0 Å². The minimum atomic E-state index is -0.958. The molecule has 0 fully saturated rings. The molecule has 0 aliphatic carbocycles. The van der Waals surface area contributed by atoms with Crippen LogP contribution in [0.5, 0.6) is 0 Å². The van der Waals surface area contributed by atoms with Crippen molar-refractivity contribution < 1.29 is 14.7 Å². The molecule has 4 N–H and O–H groups in total. The summed E-state index contributed by atoms with van der Waals surface area (Å²) in [6.07, 6.45) is 1.65. The molecule has 1 aromatic heterocycles. The van der Waals surface area contributed by atoms with Crippen LogP contribution < -0.4 is 11.1 Å². The van der Waals surface area contributed by atoms with Crippen LogP contribution in [0.2, 0.25) is 0 Å². The smallest absolute Gasteiger partial charge is 0.303 e. The highest BCUT2D eigenvalue weighted by Crippen LogP contribution is 1.98. The lowest BCUT2D eigenvalue weighted by Crippen LogP contribution is -2.40. The van der Waals surface area contributed by atoms with Crippen molar-refractivity contribution in [2.75, 3.05) is 0 Å². The van der Waals surface area contributed by atoms with Gasteiger partial charge in [-0.3, -0.25) is 14.3 Å². The van der Waals surface area contributed by atoms with E-state index in [0.29, 0.717) is 6.54 Å². The molecule has 1 rings (SSSR count). The Bertz CT molecular complexity index is 402. The van der Waals surface area contributed by atoms with Crippen molar-refractivity contribution in [2.45, 2.75) is 25.4 Å². The lowest BCUT2D eigenvalue weighted by Gasteiger charge is -2.11. The van der Waals surface area contributed by atoms with Gasteiger partial charge in [0.2, 0.25) is 5.91 Å². The average Bonchev–Trinajstić information content (AvgIpc) is 2.68. The van der Waals surface area contributed by atoms with E-state index in [1.54, 1.807) is 24.0 Å². The van der Waals surface area contributed by atoms with Gasteiger partial charge in [0.15, 0.2) is 0 Å². The van der Waals surface area contributed by atoms with Crippen LogP contribution >= 0.6 is 0 Å². The third-order valence-corrected chi connectivity index (χ3v) is 2.37. The van der Waals surface area contributed by atoms with Crippen molar-refractivity contribution in [3.05, 3.63) is 18.0 Å². The standard InChI is InChI=1S/C10H16N4O3/c1-14-7(4-5-13-14)6-12-10(17)8(11)2-3-9(15)16/h4-5,8H,2-3,6,11H2,1H3,(H,12,17)(H,15,16). The summed E-state index contributed by atoms with van der Waals surface area (Å²) >= 11 is 0. The third-order valence-electron chi connectivity index (χ3n) is 2.37. The van der Waals surface area contributed by atoms with Gasteiger partial charge in [-0.25, -0.2) is 0 Å². The van der Waals surface area contributed by atoms with Crippen LogP contribution in [-0.4, -0.2) is 32.8 Å². The van der Waals surface area contributed by atoms with Gasteiger partial charge in [0.05, 0.1) is 18.3 Å². The molecule has 94 valence electrons. The number of hydrogen-bond donors (Lipinski definition) is 3. The van der Waals surface area contributed by atoms with E-state index in [2.05, 4.69) is 10.4 Å². The average molecular weight is 240 g/mol. The fraction of sp³-hybridized carbons (Fsp3) is 0.500. The van der Waals surface area contributed by atoms with Crippen LogP contribution in [0.1, 0.15) is 18.5 Å². The minimum Gasteiger partial charge on any atom is -0.481 e. The summed E-state index contributed by atoms with van der Waals surface area (Å²) in [7, 11) is 1.77. The summed E-state index contributed by atoms with van der Waals surface area (Å²) in [5, 5.41) is 15.0. The molecule has 1 heterocycles. The number of nitrogens with two attached hydrogens (primary N) is 1. The van der Waals surface area contributed by atoms with E-state index in [0.717, 1.165) is 5.69 Å². The van der Waals surface area contributed by atoms with Gasteiger partial charge in [-0.15, -0.1) is 0 Å². The van der Waals surface area contributed by atoms with Gasteiger partial charge in [0.25, 0.3) is 0 Å². The molecule has 7 heteroatoms. The zero-order valence-electron chi connectivity index (χ0n) is 9.59. The van der Waals surface area contributed by atoms with E-state index in [4.69, 9.17) is 10.8 Å². The molecule has 0 spiro atoms. The maximum absolute atomic E-state index is 11.5. The normalized spacial score (nSPS) is 12.1. The van der Waals surface area contributed by atoms with Crippen molar-refractivity contribution in [2.24, 2.45) is 12.8 Å². The molecule has 1 amide bonds. The van der Waals surface area contributed by atoms with Crippen LogP contribution in [0.3, 0.4) is 0 Å². The van der Waals surface area contributed by atoms with Gasteiger partial charge in [0, 0.05) is 19.7 Å². The van der Waals surface area contributed by atoms with E-state index in [1.165, 1.54) is 0 Å². The molecule has 17 heavy (non-hydrogen) atoms. The highest BCUT2D eigenvalue weighted by atomic mass is 16.4. The highest BCUT2D eigenvalue weighted by Gasteiger charge is 2.14. The van der Waals surface area contributed by atoms with Crippen LogP contribution in [0.15, 0.2) is 12.3 Å². The second kappa shape index (κ2) is 6.00. The SMILES string of the molecule is Cn1nccc1CNC(=O)C(N)CCC(=O)O. The predicted octanol–water partition coefficient (Wildman–Crippen LogP) is -0.772. The molecule has 0 aliphatic heterocycles. The topological polar surface area (TPSA) is 110 Å². The number of aryl methyl sites for hydroxylation is 1. The van der Waals surface area contributed by atoms with Crippen LogP contribution in [0, 0.1) is 0 Å². The number of carboxylic acid groups (broad SMARTS) is 1. The number of amides is 1. The quantitative estimate of drug-likeness (QED) is 0.604.